The van der Waals surface area contributed by atoms with E-state index in [1.165, 1.54) is 42.9 Å². The first kappa shape index (κ1) is 20.8. The van der Waals surface area contributed by atoms with Gasteiger partial charge in [0.15, 0.2) is 16.3 Å². The van der Waals surface area contributed by atoms with Crippen LogP contribution in [-0.2, 0) is 28.9 Å². The lowest BCUT2D eigenvalue weighted by Gasteiger charge is -2.11. The van der Waals surface area contributed by atoms with Gasteiger partial charge in [0.1, 0.15) is 0 Å². The first-order chi connectivity index (χ1) is 13.5. The van der Waals surface area contributed by atoms with Gasteiger partial charge >= 0.3 is 5.69 Å². The van der Waals surface area contributed by atoms with Gasteiger partial charge in [-0.1, -0.05) is 17.8 Å². The fourth-order valence-electron chi connectivity index (χ4n) is 2.58. The van der Waals surface area contributed by atoms with Crippen LogP contribution in [0.2, 0.25) is 0 Å². The molecule has 0 saturated heterocycles. The van der Waals surface area contributed by atoms with Gasteiger partial charge in [-0.2, -0.15) is 0 Å². The van der Waals surface area contributed by atoms with Gasteiger partial charge in [0, 0.05) is 19.8 Å². The minimum absolute atomic E-state index is 0.121. The van der Waals surface area contributed by atoms with Crippen LogP contribution in [0.4, 0.5) is 5.69 Å². The summed E-state index contributed by atoms with van der Waals surface area (Å²) in [6, 6.07) is 5.57. The van der Waals surface area contributed by atoms with E-state index >= 15 is 0 Å². The van der Waals surface area contributed by atoms with Crippen LogP contribution in [-0.4, -0.2) is 38.7 Å². The zero-order valence-corrected chi connectivity index (χ0v) is 17.3. The lowest BCUT2D eigenvalue weighted by molar-refractivity contribution is -0.115. The van der Waals surface area contributed by atoms with Crippen LogP contribution in [0.3, 0.4) is 0 Å². The molecule has 1 atom stereocenters. The number of anilines is 1. The summed E-state index contributed by atoms with van der Waals surface area (Å²) >= 11 is 1.05. The van der Waals surface area contributed by atoms with Crippen LogP contribution in [0, 0.1) is 0 Å². The third-order valence-corrected chi connectivity index (χ3v) is 6.06. The van der Waals surface area contributed by atoms with Crippen molar-refractivity contribution >= 4 is 44.5 Å². The second-order valence-electron chi connectivity index (χ2n) is 6.27. The number of carbonyl (C=O) groups excluding carboxylic acids is 1. The highest BCUT2D eigenvalue weighted by molar-refractivity contribution is 8.00. The molecule has 4 N–H and O–H groups in total. The number of fused-ring (bicyclic) bond motifs is 1. The van der Waals surface area contributed by atoms with Gasteiger partial charge in [0.2, 0.25) is 15.9 Å². The van der Waals surface area contributed by atoms with Crippen LogP contribution in [0.5, 0.6) is 0 Å². The van der Waals surface area contributed by atoms with E-state index in [1.54, 1.807) is 6.92 Å². The Morgan fingerprint density at radius 3 is 2.62 bits per heavy atom. The molecule has 2 aromatic heterocycles. The Hall–Kier alpha value is -2.90. The number of H-pyrrole nitrogens is 1. The Morgan fingerprint density at radius 2 is 1.97 bits per heavy atom. The lowest BCUT2D eigenvalue weighted by Crippen LogP contribution is -2.36. The Bertz CT molecular complexity index is 1340. The summed E-state index contributed by atoms with van der Waals surface area (Å²) < 4.78 is 25.1. The third-order valence-electron chi connectivity index (χ3n) is 4.16. The van der Waals surface area contributed by atoms with E-state index < -0.39 is 32.4 Å². The topological polar surface area (TPSA) is 162 Å². The summed E-state index contributed by atoms with van der Waals surface area (Å²) in [4.78, 5) is 43.6. The summed E-state index contributed by atoms with van der Waals surface area (Å²) in [6.45, 7) is 1.62. The van der Waals surface area contributed by atoms with Crippen molar-refractivity contribution in [1.82, 2.24) is 19.1 Å². The van der Waals surface area contributed by atoms with Crippen molar-refractivity contribution < 1.29 is 13.2 Å². The minimum atomic E-state index is -3.89. The molecule has 0 aliphatic rings. The van der Waals surface area contributed by atoms with Crippen molar-refractivity contribution in [3.8, 4) is 0 Å². The van der Waals surface area contributed by atoms with Gasteiger partial charge in [0.25, 0.3) is 5.56 Å². The Morgan fingerprint density at radius 1 is 1.28 bits per heavy atom. The fraction of sp³-hybridized carbons (Fsp3) is 0.250. The average molecular weight is 438 g/mol. The number of nitrogens with one attached hydrogen (secondary N) is 2. The molecule has 0 saturated carbocycles. The maximum atomic E-state index is 12.5. The number of carbonyl (C=O) groups is 1. The normalized spacial score (nSPS) is 12.8. The summed E-state index contributed by atoms with van der Waals surface area (Å²) in [5.41, 5.74) is -0.403. The smallest absolute Gasteiger partial charge is 0.327 e. The number of thioether (sulfide) groups is 1. The van der Waals surface area contributed by atoms with E-state index in [0.717, 1.165) is 16.3 Å². The second kappa shape index (κ2) is 7.50. The largest absolute Gasteiger partial charge is 0.332 e. The summed E-state index contributed by atoms with van der Waals surface area (Å²) in [7, 11) is -1.03. The summed E-state index contributed by atoms with van der Waals surface area (Å²) in [5, 5.41) is 7.35. The molecule has 3 aromatic rings. The van der Waals surface area contributed by atoms with E-state index in [0.29, 0.717) is 5.16 Å². The van der Waals surface area contributed by atoms with Gasteiger partial charge in [-0.05, 0) is 25.1 Å². The van der Waals surface area contributed by atoms with E-state index in [9.17, 15) is 22.8 Å². The number of primary sulfonamides is 1. The molecule has 0 spiro atoms. The molecule has 154 valence electrons. The van der Waals surface area contributed by atoms with Gasteiger partial charge in [0.05, 0.1) is 10.1 Å². The highest BCUT2D eigenvalue weighted by atomic mass is 32.2. The number of rotatable bonds is 5. The molecule has 0 bridgehead atoms. The number of hydrogen-bond donors (Lipinski definition) is 3. The maximum Gasteiger partial charge on any atom is 0.332 e. The van der Waals surface area contributed by atoms with Crippen LogP contribution in [0.15, 0.2) is 43.9 Å². The van der Waals surface area contributed by atoms with Gasteiger partial charge in [-0.15, -0.1) is 0 Å². The number of amides is 1. The molecule has 2 heterocycles. The van der Waals surface area contributed by atoms with Crippen molar-refractivity contribution in [3.63, 3.8) is 0 Å². The second-order valence-corrected chi connectivity index (χ2v) is 9.16. The highest BCUT2D eigenvalue weighted by Crippen LogP contribution is 2.23. The molecule has 13 heteroatoms. The molecule has 1 amide bonds. The van der Waals surface area contributed by atoms with Crippen LogP contribution in [0.25, 0.3) is 11.2 Å². The number of imidazole rings is 1. The molecule has 0 fully saturated rings. The molecule has 1 aromatic carbocycles. The summed E-state index contributed by atoms with van der Waals surface area (Å²) in [6.07, 6.45) is 0. The number of aromatic nitrogens is 4. The van der Waals surface area contributed by atoms with Crippen molar-refractivity contribution in [1.29, 1.82) is 0 Å². The number of nitrogens with two attached hydrogens (primary N) is 1. The van der Waals surface area contributed by atoms with Crippen molar-refractivity contribution in [3.05, 3.63) is 45.1 Å². The number of aromatic amines is 1. The van der Waals surface area contributed by atoms with Gasteiger partial charge in [-0.3, -0.25) is 18.7 Å². The minimum Gasteiger partial charge on any atom is -0.327 e. The van der Waals surface area contributed by atoms with Crippen molar-refractivity contribution in [2.24, 2.45) is 19.2 Å². The molecule has 29 heavy (non-hydrogen) atoms. The predicted octanol–water partition coefficient (Wildman–Crippen LogP) is -0.273. The molecule has 0 unspecified atom stereocenters. The monoisotopic (exact) mass is 438 g/mol. The molecule has 0 aliphatic carbocycles. The van der Waals surface area contributed by atoms with Gasteiger partial charge in [-0.25, -0.2) is 23.3 Å². The Kier molecular flexibility index (Phi) is 5.38. The van der Waals surface area contributed by atoms with Crippen molar-refractivity contribution in [2.45, 2.75) is 22.2 Å². The van der Waals surface area contributed by atoms with Crippen LogP contribution < -0.4 is 21.7 Å². The van der Waals surface area contributed by atoms with E-state index in [1.807, 2.05) is 0 Å². The molecular weight excluding hydrogens is 420 g/mol. The molecular formula is C16H18N6O5S2. The number of aryl methyl sites for hydroxylation is 1. The van der Waals surface area contributed by atoms with Crippen LogP contribution in [0.1, 0.15) is 6.92 Å². The maximum absolute atomic E-state index is 12.5. The molecule has 3 rings (SSSR count). The van der Waals surface area contributed by atoms with E-state index in [4.69, 9.17) is 5.14 Å². The van der Waals surface area contributed by atoms with Gasteiger partial charge < -0.3 is 10.3 Å². The number of nitrogens with zero attached hydrogens (tertiary/aromatic N) is 3. The molecule has 11 nitrogen and oxygen atoms in total. The Labute approximate surface area is 169 Å². The zero-order chi connectivity index (χ0) is 21.5. The first-order valence-electron chi connectivity index (χ1n) is 8.25. The molecule has 0 aliphatic heterocycles. The fourth-order valence-corrected chi connectivity index (χ4v) is 3.94. The van der Waals surface area contributed by atoms with Crippen LogP contribution >= 0.6 is 11.8 Å². The Balaban J connectivity index is 1.82. The number of sulfonamides is 1. The summed E-state index contributed by atoms with van der Waals surface area (Å²) in [5.74, 6) is -0.413. The predicted molar refractivity (Wildman–Crippen MR) is 108 cm³/mol. The lowest BCUT2D eigenvalue weighted by atomic mass is 10.3. The van der Waals surface area contributed by atoms with Crippen molar-refractivity contribution in [2.75, 3.05) is 5.32 Å². The SMILES string of the molecule is C[C@H](Sc1nc2c([nH]1)c(=O)n(C)c(=O)n2C)C(=O)Nc1cccc(S(N)(=O)=O)c1. The van der Waals surface area contributed by atoms with E-state index in [-0.39, 0.29) is 21.7 Å². The average Bonchev–Trinajstić information content (AvgIpc) is 3.08. The highest BCUT2D eigenvalue weighted by Gasteiger charge is 2.20. The standard InChI is InChI=1S/C16H18N6O5S2/c1-8(13(23)18-9-5-4-6-10(7-9)29(17,26)27)28-15-19-11-12(20-15)21(2)16(25)22(3)14(11)24/h4-8H,1-3H3,(H,18,23)(H,19,20)(H2,17,26,27)/t8-/m0/s1. The molecule has 0 radical (unpaired) electrons. The first-order valence-corrected chi connectivity index (χ1v) is 10.7. The number of hydrogen-bond acceptors (Lipinski definition) is 7. The number of benzene rings is 1. The third kappa shape index (κ3) is 4.11. The zero-order valence-electron chi connectivity index (χ0n) is 15.7. The quantitative estimate of drug-likeness (QED) is 0.462. The van der Waals surface area contributed by atoms with E-state index in [2.05, 4.69) is 15.3 Å².